The number of hydrogen-bond donors (Lipinski definition) is 0. The summed E-state index contributed by atoms with van der Waals surface area (Å²) < 4.78 is 4.72. The predicted molar refractivity (Wildman–Crippen MR) is 126 cm³/mol. The monoisotopic (exact) mass is 402 g/mol. The number of esters is 1. The summed E-state index contributed by atoms with van der Waals surface area (Å²) >= 11 is 0. The zero-order valence-electron chi connectivity index (χ0n) is 16.8. The summed E-state index contributed by atoms with van der Waals surface area (Å²) in [5, 5.41) is 3.99. The number of rotatable bonds is 8. The van der Waals surface area contributed by atoms with Gasteiger partial charge in [0.1, 0.15) is 0 Å². The fraction of sp³-hybridized carbons (Fsp3) is 0.154. The van der Waals surface area contributed by atoms with Gasteiger partial charge in [-0.3, -0.25) is 4.79 Å². The standard InChI is InChI=1S/C26H27O2P/c1-28-26(27)21-13-2-3-14-22-29(23-15-7-4-8-16-23,24-17-9-5-10-18-24)25-19-11-6-12-20-25/h3-12,14-20,22H,2,13,21H2,1H3/b14-3-. The molecule has 0 unspecified atom stereocenters. The van der Waals surface area contributed by atoms with Crippen LogP contribution >= 0.6 is 6.89 Å². The lowest BCUT2D eigenvalue weighted by molar-refractivity contribution is -0.140. The maximum Gasteiger partial charge on any atom is 0.305 e. The van der Waals surface area contributed by atoms with E-state index in [9.17, 15) is 4.79 Å². The lowest BCUT2D eigenvalue weighted by Gasteiger charge is -2.28. The van der Waals surface area contributed by atoms with Gasteiger partial charge in [0.25, 0.3) is 0 Å². The first-order valence-corrected chi connectivity index (χ1v) is 11.8. The van der Waals surface area contributed by atoms with Gasteiger partial charge in [-0.05, 0) is 35.6 Å². The minimum atomic E-state index is -1.93. The molecule has 0 heterocycles. The summed E-state index contributed by atoms with van der Waals surface area (Å²) in [6.45, 7) is -1.93. The Morgan fingerprint density at radius 1 is 0.793 bits per heavy atom. The second-order valence-corrected chi connectivity index (χ2v) is 10.1. The number of allylic oxidation sites excluding steroid dienone is 2. The number of carbonyl (C=O) groups is 1. The van der Waals surface area contributed by atoms with Gasteiger partial charge in [0.15, 0.2) is 0 Å². The van der Waals surface area contributed by atoms with Crippen molar-refractivity contribution in [3.8, 4) is 0 Å². The minimum Gasteiger partial charge on any atom is -0.469 e. The molecule has 0 amide bonds. The van der Waals surface area contributed by atoms with Crippen LogP contribution in [0.15, 0.2) is 103 Å². The molecule has 0 aliphatic rings. The van der Waals surface area contributed by atoms with E-state index in [0.717, 1.165) is 12.8 Å². The normalized spacial score (nSPS) is 11.3. The third-order valence-electron chi connectivity index (χ3n) is 4.92. The lowest BCUT2D eigenvalue weighted by Crippen LogP contribution is -2.26. The fourth-order valence-corrected chi connectivity index (χ4v) is 7.17. The van der Waals surface area contributed by atoms with Crippen LogP contribution in [0, 0.1) is 0 Å². The summed E-state index contributed by atoms with van der Waals surface area (Å²) in [4.78, 5) is 11.3. The molecule has 0 N–H and O–H groups in total. The van der Waals surface area contributed by atoms with Crippen molar-refractivity contribution < 1.29 is 9.53 Å². The summed E-state index contributed by atoms with van der Waals surface area (Å²) in [7, 11) is 1.43. The van der Waals surface area contributed by atoms with Crippen LogP contribution in [0.2, 0.25) is 0 Å². The average Bonchev–Trinajstić information content (AvgIpc) is 2.80. The largest absolute Gasteiger partial charge is 0.469 e. The first-order chi connectivity index (χ1) is 14.3. The van der Waals surface area contributed by atoms with Gasteiger partial charge in [-0.1, -0.05) is 109 Å². The third-order valence-corrected chi connectivity index (χ3v) is 8.87. The highest BCUT2D eigenvalue weighted by atomic mass is 31.2. The number of unbranched alkanes of at least 4 members (excludes halogenated alkanes) is 1. The Bertz CT molecular complexity index is 874. The Balaban J connectivity index is 2.07. The maximum atomic E-state index is 11.3. The summed E-state index contributed by atoms with van der Waals surface area (Å²) in [6, 6.07) is 32.3. The van der Waals surface area contributed by atoms with Crippen molar-refractivity contribution in [1.82, 2.24) is 0 Å². The van der Waals surface area contributed by atoms with Gasteiger partial charge in [-0.25, -0.2) is 0 Å². The minimum absolute atomic E-state index is 0.151. The number of hydrogen-bond acceptors (Lipinski definition) is 2. The molecule has 0 bridgehead atoms. The molecule has 0 aliphatic heterocycles. The van der Waals surface area contributed by atoms with E-state index >= 15 is 0 Å². The van der Waals surface area contributed by atoms with Crippen molar-refractivity contribution in [2.75, 3.05) is 7.11 Å². The van der Waals surface area contributed by atoms with Crippen molar-refractivity contribution in [2.45, 2.75) is 19.3 Å². The zero-order valence-corrected chi connectivity index (χ0v) is 17.7. The topological polar surface area (TPSA) is 26.3 Å². The molecule has 0 radical (unpaired) electrons. The Hall–Kier alpha value is -2.83. The molecule has 0 atom stereocenters. The van der Waals surface area contributed by atoms with Crippen molar-refractivity contribution >= 4 is 34.6 Å². The van der Waals surface area contributed by atoms with Crippen LogP contribution in [-0.2, 0) is 9.53 Å². The fourth-order valence-electron chi connectivity index (χ4n) is 3.45. The molecule has 3 aromatic rings. The second kappa shape index (κ2) is 10.6. The Labute approximate surface area is 173 Å². The average molecular weight is 402 g/mol. The Morgan fingerprint density at radius 2 is 1.24 bits per heavy atom. The molecule has 0 spiro atoms. The van der Waals surface area contributed by atoms with E-state index in [1.807, 2.05) is 0 Å². The molecule has 0 saturated heterocycles. The maximum absolute atomic E-state index is 11.3. The van der Waals surface area contributed by atoms with E-state index in [4.69, 9.17) is 4.74 Å². The molecule has 0 aromatic heterocycles. The molecule has 0 fully saturated rings. The number of carbonyl (C=O) groups excluding carboxylic acids is 1. The van der Waals surface area contributed by atoms with Gasteiger partial charge >= 0.3 is 5.97 Å². The van der Waals surface area contributed by atoms with Crippen LogP contribution in [0.25, 0.3) is 0 Å². The van der Waals surface area contributed by atoms with Crippen LogP contribution < -0.4 is 15.9 Å². The molecule has 3 rings (SSSR count). The predicted octanol–water partition coefficient (Wildman–Crippen LogP) is 4.68. The van der Waals surface area contributed by atoms with Crippen molar-refractivity contribution in [3.05, 3.63) is 103 Å². The highest BCUT2D eigenvalue weighted by molar-refractivity contribution is 7.94. The molecule has 3 aromatic carbocycles. The van der Waals surface area contributed by atoms with Crippen molar-refractivity contribution in [1.29, 1.82) is 0 Å². The summed E-state index contributed by atoms with van der Waals surface area (Å²) in [6.07, 6.45) is 6.44. The first-order valence-electron chi connectivity index (χ1n) is 9.91. The van der Waals surface area contributed by atoms with Gasteiger partial charge in [0, 0.05) is 6.42 Å². The SMILES string of the molecule is COC(=O)CCC/C=C\C=P(c1ccccc1)(c1ccccc1)c1ccccc1. The lowest BCUT2D eigenvalue weighted by atomic mass is 10.2. The van der Waals surface area contributed by atoms with E-state index < -0.39 is 6.89 Å². The smallest absolute Gasteiger partial charge is 0.305 e. The third kappa shape index (κ3) is 5.16. The van der Waals surface area contributed by atoms with Crippen LogP contribution in [0.3, 0.4) is 0 Å². The highest BCUT2D eigenvalue weighted by Gasteiger charge is 2.23. The highest BCUT2D eigenvalue weighted by Crippen LogP contribution is 2.43. The van der Waals surface area contributed by atoms with Gasteiger partial charge in [0.05, 0.1) is 7.11 Å². The first kappa shape index (κ1) is 20.9. The van der Waals surface area contributed by atoms with Crippen molar-refractivity contribution in [2.24, 2.45) is 0 Å². The quantitative estimate of drug-likeness (QED) is 0.311. The van der Waals surface area contributed by atoms with Crippen molar-refractivity contribution in [3.63, 3.8) is 0 Å². The van der Waals surface area contributed by atoms with E-state index in [0.29, 0.717) is 6.42 Å². The molecule has 148 valence electrons. The molecule has 3 heteroatoms. The van der Waals surface area contributed by atoms with Crippen LogP contribution in [-0.4, -0.2) is 18.9 Å². The molecule has 2 nitrogen and oxygen atoms in total. The molecule has 29 heavy (non-hydrogen) atoms. The van der Waals surface area contributed by atoms with E-state index in [2.05, 4.69) is 109 Å². The summed E-state index contributed by atoms with van der Waals surface area (Å²) in [5.74, 6) is 2.23. The van der Waals surface area contributed by atoms with E-state index in [1.54, 1.807) is 0 Å². The molecular weight excluding hydrogens is 375 g/mol. The summed E-state index contributed by atoms with van der Waals surface area (Å²) in [5.41, 5.74) is 0. The molecule has 0 saturated carbocycles. The molecular formula is C26H27O2P. The van der Waals surface area contributed by atoms with E-state index in [1.165, 1.54) is 23.0 Å². The number of benzene rings is 3. The van der Waals surface area contributed by atoms with Gasteiger partial charge in [0.2, 0.25) is 0 Å². The van der Waals surface area contributed by atoms with E-state index in [-0.39, 0.29) is 5.97 Å². The van der Waals surface area contributed by atoms with Gasteiger partial charge in [-0.15, -0.1) is 0 Å². The van der Waals surface area contributed by atoms with Gasteiger partial charge in [-0.2, -0.15) is 0 Å². The second-order valence-electron chi connectivity index (χ2n) is 6.77. The zero-order chi connectivity index (χ0) is 20.4. The van der Waals surface area contributed by atoms with Crippen LogP contribution in [0.1, 0.15) is 19.3 Å². The number of ether oxygens (including phenoxy) is 1. The Morgan fingerprint density at radius 3 is 1.66 bits per heavy atom. The number of methoxy groups -OCH3 is 1. The Kier molecular flexibility index (Phi) is 7.67. The van der Waals surface area contributed by atoms with Crippen LogP contribution in [0.5, 0.6) is 0 Å². The van der Waals surface area contributed by atoms with Gasteiger partial charge < -0.3 is 4.74 Å². The molecule has 0 aliphatic carbocycles. The van der Waals surface area contributed by atoms with Crippen LogP contribution in [0.4, 0.5) is 0 Å².